The van der Waals surface area contributed by atoms with E-state index in [-0.39, 0.29) is 29.5 Å². The van der Waals surface area contributed by atoms with Crippen molar-refractivity contribution in [3.05, 3.63) is 41.7 Å². The second-order valence-corrected chi connectivity index (χ2v) is 8.87. The van der Waals surface area contributed by atoms with Crippen LogP contribution < -0.4 is 22.1 Å². The highest BCUT2D eigenvalue weighted by Crippen LogP contribution is 2.23. The van der Waals surface area contributed by atoms with Crippen molar-refractivity contribution in [3.8, 4) is 0 Å². The first-order chi connectivity index (χ1) is 15.9. The molecule has 6 N–H and O–H groups in total. The van der Waals surface area contributed by atoms with Gasteiger partial charge in [-0.25, -0.2) is 9.97 Å². The number of nitrogens with zero attached hydrogens (tertiary/aromatic N) is 4. The van der Waals surface area contributed by atoms with Crippen LogP contribution in [-0.4, -0.2) is 76.9 Å². The fraction of sp³-hybridized carbons (Fsp3) is 0.478. The van der Waals surface area contributed by atoms with Crippen molar-refractivity contribution in [1.82, 2.24) is 19.8 Å². The van der Waals surface area contributed by atoms with Crippen molar-refractivity contribution in [2.45, 2.75) is 37.8 Å². The maximum atomic E-state index is 12.8. The molecule has 0 bridgehead atoms. The van der Waals surface area contributed by atoms with E-state index in [1.165, 1.54) is 6.20 Å². The first kappa shape index (κ1) is 22.9. The van der Waals surface area contributed by atoms with Crippen molar-refractivity contribution in [1.29, 1.82) is 0 Å². The largest absolute Gasteiger partial charge is 0.366 e. The lowest BCUT2D eigenvalue weighted by Gasteiger charge is -2.32. The fourth-order valence-electron chi connectivity index (χ4n) is 4.22. The zero-order chi connectivity index (χ0) is 23.4. The molecule has 1 aromatic carbocycles. The Morgan fingerprint density at radius 3 is 2.33 bits per heavy atom. The number of primary amides is 1. The number of benzene rings is 1. The Morgan fingerprint density at radius 1 is 1.03 bits per heavy atom. The second-order valence-electron chi connectivity index (χ2n) is 8.87. The molecule has 2 heterocycles. The van der Waals surface area contributed by atoms with Gasteiger partial charge in [-0.1, -0.05) is 0 Å². The van der Waals surface area contributed by atoms with E-state index in [0.29, 0.717) is 17.1 Å². The monoisotopic (exact) mass is 452 g/mol. The molecule has 33 heavy (non-hydrogen) atoms. The summed E-state index contributed by atoms with van der Waals surface area (Å²) in [5, 5.41) is 6.51. The van der Waals surface area contributed by atoms with Crippen LogP contribution in [-0.2, 0) is 0 Å². The molecule has 0 spiro atoms. The van der Waals surface area contributed by atoms with E-state index < -0.39 is 5.91 Å². The fourth-order valence-corrected chi connectivity index (χ4v) is 4.22. The number of rotatable bonds is 6. The third-order valence-corrected chi connectivity index (χ3v) is 6.31. The van der Waals surface area contributed by atoms with Gasteiger partial charge in [-0.05, 0) is 57.0 Å². The summed E-state index contributed by atoms with van der Waals surface area (Å²) in [4.78, 5) is 37.5. The van der Waals surface area contributed by atoms with Crippen LogP contribution in [0, 0.1) is 0 Å². The standard InChI is InChI=1S/C23H32N8O2/c1-30-10-12-31(13-11-30)23(33)15-2-6-18(7-3-15)28-22-20(21(25)32)26-14-19(29-22)27-17-8-4-16(24)5-9-17/h2-3,6-7,14,16-17H,4-5,8-13,24H2,1H3,(H2,25,32)(H2,27,28,29). The van der Waals surface area contributed by atoms with Crippen molar-refractivity contribution in [2.75, 3.05) is 43.9 Å². The van der Waals surface area contributed by atoms with Crippen LogP contribution >= 0.6 is 0 Å². The number of amides is 2. The van der Waals surface area contributed by atoms with E-state index in [1.807, 2.05) is 4.90 Å². The first-order valence-corrected chi connectivity index (χ1v) is 11.4. The van der Waals surface area contributed by atoms with E-state index in [9.17, 15) is 9.59 Å². The average molecular weight is 453 g/mol. The van der Waals surface area contributed by atoms with Crippen LogP contribution in [0.5, 0.6) is 0 Å². The quantitative estimate of drug-likeness (QED) is 0.515. The van der Waals surface area contributed by atoms with Crippen LogP contribution in [0.4, 0.5) is 17.3 Å². The normalized spacial score (nSPS) is 21.5. The number of anilines is 3. The number of piperazine rings is 1. The van der Waals surface area contributed by atoms with Gasteiger partial charge in [0, 0.05) is 49.5 Å². The minimum absolute atomic E-state index is 0.0191. The number of carbonyl (C=O) groups is 2. The zero-order valence-electron chi connectivity index (χ0n) is 19.0. The molecule has 1 saturated heterocycles. The SMILES string of the molecule is CN1CCN(C(=O)c2ccc(Nc3nc(NC4CCC(N)CC4)cnc3C(N)=O)cc2)CC1. The van der Waals surface area contributed by atoms with Crippen molar-refractivity contribution in [3.63, 3.8) is 0 Å². The molecule has 1 aliphatic carbocycles. The topological polar surface area (TPSA) is 142 Å². The van der Waals surface area contributed by atoms with E-state index in [1.54, 1.807) is 24.3 Å². The molecule has 0 radical (unpaired) electrons. The summed E-state index contributed by atoms with van der Waals surface area (Å²) in [6.45, 7) is 3.19. The van der Waals surface area contributed by atoms with Crippen LogP contribution in [0.1, 0.15) is 46.5 Å². The second kappa shape index (κ2) is 10.1. The molecule has 2 aliphatic rings. The Bertz CT molecular complexity index is 980. The molecule has 2 amide bonds. The third kappa shape index (κ3) is 5.77. The number of nitrogens with two attached hydrogens (primary N) is 2. The van der Waals surface area contributed by atoms with Crippen molar-refractivity contribution < 1.29 is 9.59 Å². The summed E-state index contributed by atoms with van der Waals surface area (Å²) < 4.78 is 0. The molecule has 176 valence electrons. The minimum atomic E-state index is -0.665. The molecule has 0 unspecified atom stereocenters. The van der Waals surface area contributed by atoms with Gasteiger partial charge in [-0.3, -0.25) is 9.59 Å². The molecule has 10 heteroatoms. The lowest BCUT2D eigenvalue weighted by atomic mass is 9.92. The van der Waals surface area contributed by atoms with Gasteiger partial charge in [-0.2, -0.15) is 0 Å². The molecule has 0 atom stereocenters. The van der Waals surface area contributed by atoms with Gasteiger partial charge in [-0.15, -0.1) is 0 Å². The number of carbonyl (C=O) groups excluding carboxylic acids is 2. The first-order valence-electron chi connectivity index (χ1n) is 11.4. The van der Waals surface area contributed by atoms with Gasteiger partial charge in [0.15, 0.2) is 11.5 Å². The maximum absolute atomic E-state index is 12.8. The molecule has 1 aromatic heterocycles. The van der Waals surface area contributed by atoms with Gasteiger partial charge in [0.2, 0.25) is 0 Å². The highest BCUT2D eigenvalue weighted by atomic mass is 16.2. The molecule has 2 aromatic rings. The molecule has 1 aliphatic heterocycles. The van der Waals surface area contributed by atoms with E-state index in [0.717, 1.165) is 51.9 Å². The van der Waals surface area contributed by atoms with Gasteiger partial charge in [0.05, 0.1) is 6.20 Å². The van der Waals surface area contributed by atoms with Crippen molar-refractivity contribution in [2.24, 2.45) is 11.5 Å². The van der Waals surface area contributed by atoms with Gasteiger partial charge in [0.25, 0.3) is 11.8 Å². The van der Waals surface area contributed by atoms with Crippen LogP contribution in [0.2, 0.25) is 0 Å². The smallest absolute Gasteiger partial charge is 0.271 e. The van der Waals surface area contributed by atoms with E-state index in [2.05, 4.69) is 32.5 Å². The molecule has 1 saturated carbocycles. The molecule has 10 nitrogen and oxygen atoms in total. The predicted octanol–water partition coefficient (Wildman–Crippen LogP) is 1.39. The third-order valence-electron chi connectivity index (χ3n) is 6.31. The number of hydrogen-bond acceptors (Lipinski definition) is 8. The zero-order valence-corrected chi connectivity index (χ0v) is 19.0. The highest BCUT2D eigenvalue weighted by Gasteiger charge is 2.22. The Morgan fingerprint density at radius 2 is 1.70 bits per heavy atom. The van der Waals surface area contributed by atoms with Gasteiger partial charge in [0.1, 0.15) is 5.82 Å². The number of nitrogens with one attached hydrogen (secondary N) is 2. The number of aromatic nitrogens is 2. The Hall–Kier alpha value is -3.24. The minimum Gasteiger partial charge on any atom is -0.366 e. The Kier molecular flexibility index (Phi) is 7.05. The lowest BCUT2D eigenvalue weighted by Crippen LogP contribution is -2.47. The average Bonchev–Trinajstić information content (AvgIpc) is 2.81. The van der Waals surface area contributed by atoms with Crippen LogP contribution in [0.25, 0.3) is 0 Å². The summed E-state index contributed by atoms with van der Waals surface area (Å²) >= 11 is 0. The summed E-state index contributed by atoms with van der Waals surface area (Å²) in [5.41, 5.74) is 12.9. The lowest BCUT2D eigenvalue weighted by molar-refractivity contribution is 0.0664. The molecular formula is C23H32N8O2. The van der Waals surface area contributed by atoms with Crippen LogP contribution in [0.3, 0.4) is 0 Å². The van der Waals surface area contributed by atoms with Crippen LogP contribution in [0.15, 0.2) is 30.5 Å². The Balaban J connectivity index is 1.45. The number of hydrogen-bond donors (Lipinski definition) is 4. The Labute approximate surface area is 193 Å². The maximum Gasteiger partial charge on any atom is 0.271 e. The predicted molar refractivity (Wildman–Crippen MR) is 128 cm³/mol. The summed E-state index contributed by atoms with van der Waals surface area (Å²) in [6.07, 6.45) is 5.39. The van der Waals surface area contributed by atoms with Crippen molar-refractivity contribution >= 4 is 29.1 Å². The molecule has 2 fully saturated rings. The molecule has 4 rings (SSSR count). The van der Waals surface area contributed by atoms with E-state index >= 15 is 0 Å². The van der Waals surface area contributed by atoms with Gasteiger partial charge >= 0.3 is 0 Å². The summed E-state index contributed by atoms with van der Waals surface area (Å²) in [7, 11) is 2.06. The highest BCUT2D eigenvalue weighted by molar-refractivity contribution is 5.97. The summed E-state index contributed by atoms with van der Waals surface area (Å²) in [6, 6.07) is 7.65. The molecular weight excluding hydrogens is 420 g/mol. The van der Waals surface area contributed by atoms with Gasteiger partial charge < -0.3 is 31.9 Å². The van der Waals surface area contributed by atoms with E-state index in [4.69, 9.17) is 11.5 Å². The summed E-state index contributed by atoms with van der Waals surface area (Å²) in [5.74, 6) is 0.204. The number of likely N-dealkylation sites (N-methyl/N-ethyl adjacent to an activating group) is 1.